The molecule has 1 heterocycles. The van der Waals surface area contributed by atoms with Gasteiger partial charge in [0.25, 0.3) is 11.6 Å². The van der Waals surface area contributed by atoms with E-state index in [1.54, 1.807) is 32.2 Å². The Bertz CT molecular complexity index is 717. The fourth-order valence-corrected chi connectivity index (χ4v) is 2.05. The normalized spacial score (nSPS) is 11.8. The van der Waals surface area contributed by atoms with Crippen molar-refractivity contribution in [1.82, 2.24) is 14.9 Å². The summed E-state index contributed by atoms with van der Waals surface area (Å²) in [6.07, 6.45) is 1.53. The number of aromatic nitrogens is 2. The van der Waals surface area contributed by atoms with Crippen LogP contribution in [0.15, 0.2) is 36.5 Å². The molecule has 1 aromatic heterocycles. The van der Waals surface area contributed by atoms with E-state index in [0.717, 1.165) is 0 Å². The summed E-state index contributed by atoms with van der Waals surface area (Å²) in [6.45, 7) is 3.52. The van der Waals surface area contributed by atoms with Crippen LogP contribution in [0.2, 0.25) is 0 Å². The first-order chi connectivity index (χ1) is 10.4. The van der Waals surface area contributed by atoms with Crippen LogP contribution in [0.1, 0.15) is 34.8 Å². The second-order valence-corrected chi connectivity index (χ2v) is 4.93. The summed E-state index contributed by atoms with van der Waals surface area (Å²) in [5.41, 5.74) is 0.992. The summed E-state index contributed by atoms with van der Waals surface area (Å²) in [7, 11) is 1.64. The van der Waals surface area contributed by atoms with Crippen molar-refractivity contribution in [3.05, 3.63) is 63.7 Å². The zero-order valence-electron chi connectivity index (χ0n) is 12.6. The van der Waals surface area contributed by atoms with E-state index in [1.165, 1.54) is 23.2 Å². The van der Waals surface area contributed by atoms with Crippen LogP contribution in [0, 0.1) is 17.0 Å². The molecule has 2 aromatic rings. The summed E-state index contributed by atoms with van der Waals surface area (Å²) < 4.78 is 0. The lowest BCUT2D eigenvalue weighted by Crippen LogP contribution is -2.30. The SMILES string of the molecule is Cc1nccc(C(=O)N(C)[C@@H](C)c2cccc([N+](=O)[O-])c2)n1. The molecule has 0 aliphatic rings. The maximum absolute atomic E-state index is 12.4. The van der Waals surface area contributed by atoms with Crippen molar-refractivity contribution >= 4 is 11.6 Å². The topological polar surface area (TPSA) is 89.2 Å². The van der Waals surface area contributed by atoms with Gasteiger partial charge in [0.2, 0.25) is 0 Å². The molecule has 0 saturated carbocycles. The number of hydrogen-bond donors (Lipinski definition) is 0. The lowest BCUT2D eigenvalue weighted by Gasteiger charge is -2.25. The molecule has 0 radical (unpaired) electrons. The highest BCUT2D eigenvalue weighted by Gasteiger charge is 2.21. The molecule has 0 bridgehead atoms. The summed E-state index contributed by atoms with van der Waals surface area (Å²) in [5.74, 6) is 0.256. The minimum absolute atomic E-state index is 0.00285. The Hall–Kier alpha value is -2.83. The molecule has 0 saturated heterocycles. The number of carbonyl (C=O) groups excluding carboxylic acids is 1. The number of benzene rings is 1. The smallest absolute Gasteiger partial charge is 0.272 e. The van der Waals surface area contributed by atoms with E-state index < -0.39 is 4.92 Å². The predicted molar refractivity (Wildman–Crippen MR) is 80.4 cm³/mol. The highest BCUT2D eigenvalue weighted by molar-refractivity contribution is 5.92. The van der Waals surface area contributed by atoms with Gasteiger partial charge in [-0.15, -0.1) is 0 Å². The molecule has 0 aliphatic heterocycles. The predicted octanol–water partition coefficient (Wildman–Crippen LogP) is 2.53. The molecule has 0 aliphatic carbocycles. The lowest BCUT2D eigenvalue weighted by molar-refractivity contribution is -0.384. The molecule has 2 rings (SSSR count). The third kappa shape index (κ3) is 3.25. The molecule has 7 heteroatoms. The fourth-order valence-electron chi connectivity index (χ4n) is 2.05. The van der Waals surface area contributed by atoms with Crippen LogP contribution in [0.4, 0.5) is 5.69 Å². The molecule has 0 unspecified atom stereocenters. The average Bonchev–Trinajstić information content (AvgIpc) is 2.52. The number of rotatable bonds is 4. The standard InChI is InChI=1S/C15H16N4O3/c1-10(12-5-4-6-13(9-12)19(21)22)18(3)15(20)14-7-8-16-11(2)17-14/h4-10H,1-3H3/t10-/m0/s1. The zero-order valence-corrected chi connectivity index (χ0v) is 12.6. The number of nitrogens with zero attached hydrogens (tertiary/aromatic N) is 4. The molecule has 114 valence electrons. The first-order valence-corrected chi connectivity index (χ1v) is 6.71. The minimum atomic E-state index is -0.453. The Morgan fingerprint density at radius 1 is 1.36 bits per heavy atom. The van der Waals surface area contributed by atoms with E-state index in [1.807, 2.05) is 6.92 Å². The highest BCUT2D eigenvalue weighted by atomic mass is 16.6. The lowest BCUT2D eigenvalue weighted by atomic mass is 10.1. The maximum atomic E-state index is 12.4. The fraction of sp³-hybridized carbons (Fsp3) is 0.267. The number of carbonyl (C=O) groups is 1. The molecule has 1 amide bonds. The second kappa shape index (κ2) is 6.30. The van der Waals surface area contributed by atoms with Crippen molar-refractivity contribution in [3.8, 4) is 0 Å². The van der Waals surface area contributed by atoms with Gasteiger partial charge in [0, 0.05) is 25.4 Å². The van der Waals surface area contributed by atoms with E-state index in [0.29, 0.717) is 17.1 Å². The van der Waals surface area contributed by atoms with Gasteiger partial charge >= 0.3 is 0 Å². The molecule has 0 N–H and O–H groups in total. The van der Waals surface area contributed by atoms with Crippen LogP contribution in [-0.2, 0) is 0 Å². The van der Waals surface area contributed by atoms with Crippen molar-refractivity contribution < 1.29 is 9.72 Å². The van der Waals surface area contributed by atoms with Gasteiger partial charge in [-0.3, -0.25) is 14.9 Å². The van der Waals surface area contributed by atoms with Crippen LogP contribution < -0.4 is 0 Å². The molecule has 1 atom stereocenters. The second-order valence-electron chi connectivity index (χ2n) is 4.93. The Morgan fingerprint density at radius 2 is 2.09 bits per heavy atom. The Morgan fingerprint density at radius 3 is 2.73 bits per heavy atom. The van der Waals surface area contributed by atoms with Crippen LogP contribution in [0.3, 0.4) is 0 Å². The monoisotopic (exact) mass is 300 g/mol. The summed E-state index contributed by atoms with van der Waals surface area (Å²) in [6, 6.07) is 7.49. The number of non-ortho nitro benzene ring substituents is 1. The molecule has 0 fully saturated rings. The summed E-state index contributed by atoms with van der Waals surface area (Å²) in [5, 5.41) is 10.8. The number of hydrogen-bond acceptors (Lipinski definition) is 5. The van der Waals surface area contributed by atoms with Gasteiger partial charge in [0.05, 0.1) is 11.0 Å². The zero-order chi connectivity index (χ0) is 16.3. The first kappa shape index (κ1) is 15.6. The maximum Gasteiger partial charge on any atom is 0.272 e. The number of nitro groups is 1. The van der Waals surface area contributed by atoms with Gasteiger partial charge in [0.1, 0.15) is 11.5 Å². The Kier molecular flexibility index (Phi) is 4.45. The third-order valence-corrected chi connectivity index (χ3v) is 3.46. The minimum Gasteiger partial charge on any atom is -0.334 e. The number of nitro benzene ring substituents is 1. The summed E-state index contributed by atoms with van der Waals surface area (Å²) in [4.78, 5) is 32.4. The Balaban J connectivity index is 2.25. The van der Waals surface area contributed by atoms with Crippen molar-refractivity contribution in [3.63, 3.8) is 0 Å². The van der Waals surface area contributed by atoms with Gasteiger partial charge in [-0.2, -0.15) is 0 Å². The average molecular weight is 300 g/mol. The first-order valence-electron chi connectivity index (χ1n) is 6.71. The highest BCUT2D eigenvalue weighted by Crippen LogP contribution is 2.23. The van der Waals surface area contributed by atoms with E-state index in [-0.39, 0.29) is 17.6 Å². The van der Waals surface area contributed by atoms with Crippen molar-refractivity contribution in [2.24, 2.45) is 0 Å². The number of aryl methyl sites for hydroxylation is 1. The molecular weight excluding hydrogens is 284 g/mol. The van der Waals surface area contributed by atoms with Crippen molar-refractivity contribution in [2.75, 3.05) is 7.05 Å². The van der Waals surface area contributed by atoms with E-state index in [2.05, 4.69) is 9.97 Å². The molecule has 22 heavy (non-hydrogen) atoms. The van der Waals surface area contributed by atoms with Crippen molar-refractivity contribution in [1.29, 1.82) is 0 Å². The van der Waals surface area contributed by atoms with Gasteiger partial charge in [-0.25, -0.2) is 9.97 Å². The van der Waals surface area contributed by atoms with Crippen LogP contribution >= 0.6 is 0 Å². The van der Waals surface area contributed by atoms with Crippen LogP contribution in [-0.4, -0.2) is 32.7 Å². The van der Waals surface area contributed by atoms with Crippen LogP contribution in [0.5, 0.6) is 0 Å². The van der Waals surface area contributed by atoms with Gasteiger partial charge in [-0.1, -0.05) is 12.1 Å². The van der Waals surface area contributed by atoms with Gasteiger partial charge in [-0.05, 0) is 25.5 Å². The number of amides is 1. The van der Waals surface area contributed by atoms with E-state index in [9.17, 15) is 14.9 Å². The van der Waals surface area contributed by atoms with E-state index >= 15 is 0 Å². The third-order valence-electron chi connectivity index (χ3n) is 3.46. The van der Waals surface area contributed by atoms with Gasteiger partial charge in [0.15, 0.2) is 0 Å². The Labute approximate surface area is 127 Å². The largest absolute Gasteiger partial charge is 0.334 e. The van der Waals surface area contributed by atoms with Gasteiger partial charge < -0.3 is 4.90 Å². The molecule has 7 nitrogen and oxygen atoms in total. The van der Waals surface area contributed by atoms with Crippen LogP contribution in [0.25, 0.3) is 0 Å². The molecular formula is C15H16N4O3. The van der Waals surface area contributed by atoms with Crippen molar-refractivity contribution in [2.45, 2.75) is 19.9 Å². The quantitative estimate of drug-likeness (QED) is 0.639. The van der Waals surface area contributed by atoms with E-state index in [4.69, 9.17) is 0 Å². The molecule has 0 spiro atoms. The molecule has 1 aromatic carbocycles. The summed E-state index contributed by atoms with van der Waals surface area (Å²) >= 11 is 0.